The van der Waals surface area contributed by atoms with Gasteiger partial charge in [-0.05, 0) is 61.5 Å². The monoisotopic (exact) mass is 354 g/mol. The normalized spacial score (nSPS) is 29.5. The van der Waals surface area contributed by atoms with Crippen LogP contribution < -0.4 is 11.1 Å². The number of nitrogens with two attached hydrogens (primary N) is 1. The van der Waals surface area contributed by atoms with Gasteiger partial charge >= 0.3 is 0 Å². The molecule has 2 aliphatic rings. The third-order valence-corrected chi connectivity index (χ3v) is 6.07. The van der Waals surface area contributed by atoms with Gasteiger partial charge in [0.1, 0.15) is 0 Å². The van der Waals surface area contributed by atoms with E-state index in [1.807, 2.05) is 12.1 Å². The van der Waals surface area contributed by atoms with Crippen LogP contribution in [0.1, 0.15) is 39.0 Å². The molecule has 1 aromatic carbocycles. The van der Waals surface area contributed by atoms with Crippen molar-refractivity contribution in [3.05, 3.63) is 24.3 Å². The molecule has 0 saturated heterocycles. The van der Waals surface area contributed by atoms with E-state index in [2.05, 4.69) is 24.4 Å². The van der Waals surface area contributed by atoms with Crippen molar-refractivity contribution in [2.24, 2.45) is 23.5 Å². The van der Waals surface area contributed by atoms with Gasteiger partial charge in [0.15, 0.2) is 0 Å². The number of amides is 1. The second kappa shape index (κ2) is 8.41. The van der Waals surface area contributed by atoms with Crippen LogP contribution in [0.4, 0.5) is 5.69 Å². The van der Waals surface area contributed by atoms with Crippen molar-refractivity contribution in [3.63, 3.8) is 0 Å². The number of carbonyl (C=O) groups excluding carboxylic acids is 1. The third kappa shape index (κ3) is 4.43. The van der Waals surface area contributed by atoms with E-state index in [4.69, 9.17) is 5.73 Å². The average Bonchev–Trinajstić information content (AvgIpc) is 2.47. The maximum absolute atomic E-state index is 12.6. The van der Waals surface area contributed by atoms with Gasteiger partial charge in [0.25, 0.3) is 0 Å². The molecule has 5 heteroatoms. The van der Waals surface area contributed by atoms with Crippen molar-refractivity contribution in [1.82, 2.24) is 0 Å². The molecule has 2 aliphatic carbocycles. The summed E-state index contributed by atoms with van der Waals surface area (Å²) in [6.07, 6.45) is 5.61. The lowest BCUT2D eigenvalue weighted by molar-refractivity contribution is -0.122. The Kier molecular flexibility index (Phi) is 6.81. The van der Waals surface area contributed by atoms with Gasteiger partial charge in [-0.25, -0.2) is 0 Å². The summed E-state index contributed by atoms with van der Waals surface area (Å²) < 4.78 is 0. The van der Waals surface area contributed by atoms with Crippen LogP contribution >= 0.6 is 24.2 Å². The van der Waals surface area contributed by atoms with E-state index in [0.29, 0.717) is 17.9 Å². The lowest BCUT2D eigenvalue weighted by Gasteiger charge is -2.43. The molecule has 2 atom stereocenters. The largest absolute Gasteiger partial charge is 0.327 e. The van der Waals surface area contributed by atoms with Crippen LogP contribution in [0, 0.1) is 17.8 Å². The standard InChI is InChI=1S/C18H26N2OS.ClH/c1-2-22-16-8-4-7-15(11-16)20-18(21)14-9-12-5-3-6-13(10-14)17(12)19;/h4,7-8,11-14,17H,2-3,5-6,9-10,19H2,1H3,(H,20,21);1H. The summed E-state index contributed by atoms with van der Waals surface area (Å²) in [6, 6.07) is 8.48. The molecule has 3 nitrogen and oxygen atoms in total. The van der Waals surface area contributed by atoms with Crippen LogP contribution in [0.5, 0.6) is 0 Å². The molecule has 23 heavy (non-hydrogen) atoms. The number of benzene rings is 1. The van der Waals surface area contributed by atoms with Crippen LogP contribution in [-0.4, -0.2) is 17.7 Å². The second-order valence-electron chi connectivity index (χ2n) is 6.65. The SMILES string of the molecule is CCSc1cccc(NC(=O)C2CC3CCCC(C2)C3N)c1.Cl. The molecular formula is C18H27ClN2OS. The van der Waals surface area contributed by atoms with E-state index in [1.165, 1.54) is 24.2 Å². The van der Waals surface area contributed by atoms with Gasteiger partial charge in [0.2, 0.25) is 5.91 Å². The second-order valence-corrected chi connectivity index (χ2v) is 7.98. The van der Waals surface area contributed by atoms with Crippen molar-refractivity contribution >= 4 is 35.8 Å². The highest BCUT2D eigenvalue weighted by molar-refractivity contribution is 7.99. The number of nitrogens with one attached hydrogen (secondary N) is 1. The Morgan fingerprint density at radius 2 is 2.00 bits per heavy atom. The molecule has 3 rings (SSSR count). The molecule has 2 saturated carbocycles. The highest BCUT2D eigenvalue weighted by Crippen LogP contribution is 2.42. The predicted octanol–water partition coefficient (Wildman–Crippen LogP) is 4.31. The third-order valence-electron chi connectivity index (χ3n) is 5.20. The van der Waals surface area contributed by atoms with Crippen molar-refractivity contribution in [1.29, 1.82) is 0 Å². The Morgan fingerprint density at radius 1 is 1.30 bits per heavy atom. The number of anilines is 1. The maximum Gasteiger partial charge on any atom is 0.227 e. The first kappa shape index (κ1) is 18.6. The molecule has 2 unspecified atom stereocenters. The Morgan fingerprint density at radius 3 is 2.65 bits per heavy atom. The van der Waals surface area contributed by atoms with E-state index in [-0.39, 0.29) is 24.2 Å². The predicted molar refractivity (Wildman–Crippen MR) is 100 cm³/mol. The molecule has 2 bridgehead atoms. The van der Waals surface area contributed by atoms with Gasteiger partial charge in [-0.1, -0.05) is 19.4 Å². The fourth-order valence-corrected chi connectivity index (χ4v) is 4.80. The van der Waals surface area contributed by atoms with Crippen molar-refractivity contribution in [3.8, 4) is 0 Å². The molecule has 0 spiro atoms. The molecule has 2 fully saturated rings. The molecule has 1 amide bonds. The zero-order valence-corrected chi connectivity index (χ0v) is 15.3. The summed E-state index contributed by atoms with van der Waals surface area (Å²) in [6.45, 7) is 2.14. The highest BCUT2D eigenvalue weighted by atomic mass is 35.5. The van der Waals surface area contributed by atoms with E-state index >= 15 is 0 Å². The quantitative estimate of drug-likeness (QED) is 0.792. The van der Waals surface area contributed by atoms with Gasteiger partial charge in [-0.3, -0.25) is 4.79 Å². The summed E-state index contributed by atoms with van der Waals surface area (Å²) in [4.78, 5) is 13.8. The lowest BCUT2D eigenvalue weighted by Crippen LogP contribution is -2.48. The molecule has 0 aliphatic heterocycles. The minimum Gasteiger partial charge on any atom is -0.327 e. The van der Waals surface area contributed by atoms with E-state index in [0.717, 1.165) is 24.3 Å². The van der Waals surface area contributed by atoms with Crippen molar-refractivity contribution in [2.75, 3.05) is 11.1 Å². The van der Waals surface area contributed by atoms with Gasteiger partial charge in [0.05, 0.1) is 0 Å². The van der Waals surface area contributed by atoms with Gasteiger partial charge < -0.3 is 11.1 Å². The summed E-state index contributed by atoms with van der Waals surface area (Å²) in [5.41, 5.74) is 7.24. The van der Waals surface area contributed by atoms with Crippen LogP contribution in [0.15, 0.2) is 29.2 Å². The number of rotatable bonds is 4. The molecule has 1 aromatic rings. The Labute approximate surface area is 149 Å². The Bertz CT molecular complexity index is 526. The number of halogens is 1. The molecular weight excluding hydrogens is 328 g/mol. The highest BCUT2D eigenvalue weighted by Gasteiger charge is 2.40. The first-order chi connectivity index (χ1) is 10.7. The zero-order valence-electron chi connectivity index (χ0n) is 13.7. The van der Waals surface area contributed by atoms with Crippen molar-refractivity contribution in [2.45, 2.75) is 50.0 Å². The van der Waals surface area contributed by atoms with Crippen LogP contribution in [0.3, 0.4) is 0 Å². The summed E-state index contributed by atoms with van der Waals surface area (Å²) in [5, 5.41) is 3.12. The molecule has 128 valence electrons. The number of carbonyl (C=O) groups is 1. The topological polar surface area (TPSA) is 55.1 Å². The molecule has 0 radical (unpaired) electrons. The summed E-state index contributed by atoms with van der Waals surface area (Å²) >= 11 is 1.80. The molecule has 0 heterocycles. The van der Waals surface area contributed by atoms with Gasteiger partial charge in [-0.2, -0.15) is 0 Å². The van der Waals surface area contributed by atoms with Crippen LogP contribution in [-0.2, 0) is 4.79 Å². The molecule has 0 aromatic heterocycles. The average molecular weight is 355 g/mol. The lowest BCUT2D eigenvalue weighted by atomic mass is 9.65. The molecule has 3 N–H and O–H groups in total. The summed E-state index contributed by atoms with van der Waals surface area (Å²) in [5.74, 6) is 2.46. The fourth-order valence-electron chi connectivity index (χ4n) is 4.08. The zero-order chi connectivity index (χ0) is 15.5. The van der Waals surface area contributed by atoms with Gasteiger partial charge in [-0.15, -0.1) is 24.2 Å². The number of thioether (sulfide) groups is 1. The summed E-state index contributed by atoms with van der Waals surface area (Å²) in [7, 11) is 0. The Balaban J connectivity index is 0.00000192. The minimum atomic E-state index is 0. The first-order valence-corrected chi connectivity index (χ1v) is 9.45. The Hall–Kier alpha value is -0.710. The fraction of sp³-hybridized carbons (Fsp3) is 0.611. The van der Waals surface area contributed by atoms with Crippen LogP contribution in [0.25, 0.3) is 0 Å². The maximum atomic E-state index is 12.6. The van der Waals surface area contributed by atoms with E-state index in [9.17, 15) is 4.79 Å². The smallest absolute Gasteiger partial charge is 0.227 e. The number of hydrogen-bond donors (Lipinski definition) is 2. The first-order valence-electron chi connectivity index (χ1n) is 8.46. The van der Waals surface area contributed by atoms with Gasteiger partial charge in [0, 0.05) is 22.5 Å². The van der Waals surface area contributed by atoms with E-state index in [1.54, 1.807) is 11.8 Å². The number of fused-ring (bicyclic) bond motifs is 2. The minimum absolute atomic E-state index is 0. The number of hydrogen-bond acceptors (Lipinski definition) is 3. The van der Waals surface area contributed by atoms with Crippen molar-refractivity contribution < 1.29 is 4.79 Å². The van der Waals surface area contributed by atoms with E-state index < -0.39 is 0 Å². The van der Waals surface area contributed by atoms with Crippen LogP contribution in [0.2, 0.25) is 0 Å².